The van der Waals surface area contributed by atoms with Crippen LogP contribution in [-0.4, -0.2) is 48.2 Å². The number of pyridine rings is 3. The van der Waals surface area contributed by atoms with E-state index in [1.54, 1.807) is 31.1 Å². The first kappa shape index (κ1) is 80.3. The summed E-state index contributed by atoms with van der Waals surface area (Å²) < 4.78 is 15.1. The first-order valence-corrected chi connectivity index (χ1v) is 31.3. The van der Waals surface area contributed by atoms with E-state index >= 15 is 0 Å². The van der Waals surface area contributed by atoms with E-state index in [-0.39, 0.29) is 96.5 Å². The first-order chi connectivity index (χ1) is 47.5. The van der Waals surface area contributed by atoms with Crippen molar-refractivity contribution in [3.63, 3.8) is 0 Å². The summed E-state index contributed by atoms with van der Waals surface area (Å²) in [5.41, 5.74) is 16.8. The van der Waals surface area contributed by atoms with Crippen molar-refractivity contribution in [3.8, 4) is 68.4 Å². The smallest absolute Gasteiger partial charge is 0.244 e. The molecular weight excluding hydrogens is 1650 g/mol. The molecule has 0 spiro atoms. The Morgan fingerprint density at radius 2 is 0.786 bits per heavy atom. The standard InChI is InChI=1S/C21H18N4.C20H16N4.2C19H15N5.2CH4.4Pd/c1-16-9-10-20(22-16)18-6-3-5-17(13-18)14-19-7-4-8-21(23-19)25-12-11-24(2)15-25;1-23-11-12-24(15-23)20-9-3-7-18(22-20)14-16-5-2-6-17(13-16)19-8-4-10-21-19;1-23-10-11-24(14-23)17-5-2-4-15(13-17)12-16-7-9-21-19(22-16)18-6-3-8-20-18;1-23-8-9-24(14-23)19-7-3-6-17(22-19)11-15-4-2-5-16(10-15)18-12-20-13-21-18;;;;;;/h3-12H,14H2,1-2H3;2-12H,14H2,1H3;2-11H,12H2,1H3;2-9,12-13H,11H2,1H3;2*1H4;;;;/q4*-2;;;;;;. The van der Waals surface area contributed by atoms with E-state index in [0.717, 1.165) is 126 Å². The van der Waals surface area contributed by atoms with E-state index in [2.05, 4.69) is 115 Å². The predicted octanol–water partition coefficient (Wildman–Crippen LogP) is 10.4. The third-order valence-corrected chi connectivity index (χ3v) is 15.2. The molecule has 0 aliphatic carbocycles. The fraction of sp³-hybridized carbons (Fsp3) is 0.136. The van der Waals surface area contributed by atoms with Crippen LogP contribution in [-0.2, 0) is 136 Å². The van der Waals surface area contributed by atoms with Gasteiger partial charge in [-0.05, 0) is 68.1 Å². The fourth-order valence-corrected chi connectivity index (χ4v) is 10.6. The minimum atomic E-state index is 0. The summed E-state index contributed by atoms with van der Waals surface area (Å²) >= 11 is 0. The summed E-state index contributed by atoms with van der Waals surface area (Å²) in [6.45, 7) is 2.00. The second kappa shape index (κ2) is 38.8. The molecule has 534 valence electrons. The van der Waals surface area contributed by atoms with Crippen LogP contribution in [0, 0.1) is 56.5 Å². The summed E-state index contributed by atoms with van der Waals surface area (Å²) in [6.07, 6.45) is 39.7. The van der Waals surface area contributed by atoms with Crippen LogP contribution in [0.3, 0.4) is 0 Å². The molecule has 4 aromatic carbocycles. The van der Waals surface area contributed by atoms with E-state index in [4.69, 9.17) is 15.0 Å². The summed E-state index contributed by atoms with van der Waals surface area (Å²) in [6, 6.07) is 70.0. The maximum absolute atomic E-state index is 4.74. The zero-order valence-corrected chi connectivity index (χ0v) is 61.5. The molecule has 0 fully saturated rings. The number of rotatable bonds is 16. The second-order valence-electron chi connectivity index (χ2n) is 22.8. The van der Waals surface area contributed by atoms with Gasteiger partial charge in [0.2, 0.25) is 25.3 Å². The van der Waals surface area contributed by atoms with Crippen LogP contribution < -0.4 is 38.2 Å². The number of aromatic nitrogens is 18. The Morgan fingerprint density at radius 3 is 1.19 bits per heavy atom. The number of hydrogen-bond acceptors (Lipinski definition) is 6. The Balaban J connectivity index is 0.000000189. The van der Waals surface area contributed by atoms with Crippen molar-refractivity contribution < 1.29 is 100.0 Å². The zero-order valence-electron chi connectivity index (χ0n) is 55.3. The van der Waals surface area contributed by atoms with Gasteiger partial charge in [0.25, 0.3) is 0 Å². The van der Waals surface area contributed by atoms with Crippen molar-refractivity contribution in [2.75, 3.05) is 0 Å². The van der Waals surface area contributed by atoms with Crippen molar-refractivity contribution in [1.29, 1.82) is 0 Å². The molecule has 16 aromatic rings. The van der Waals surface area contributed by atoms with Crippen molar-refractivity contribution in [2.45, 2.75) is 47.5 Å². The van der Waals surface area contributed by atoms with Crippen LogP contribution in [0.1, 0.15) is 65.6 Å². The fourth-order valence-electron chi connectivity index (χ4n) is 10.6. The number of aryl methyl sites for hydroxylation is 5. The van der Waals surface area contributed by atoms with E-state index in [0.29, 0.717) is 18.7 Å². The average Bonchev–Trinajstić information content (AvgIpc) is 1.84. The van der Waals surface area contributed by atoms with Gasteiger partial charge in [-0.1, -0.05) is 75.6 Å². The SMILES string of the molecule is C.C.C[n+]1[c-]n(-c2[c-]c(Cc3ccnc(-c4ccc[n-]4)n3)ccc2)cc1.C[n+]1[c-]n(-c2cccc(Cc3[c-]c(-c4ccc[n-]4)ccc3)n2)cc1.C[n+]1[c-]n(-c2cccc(Cc3[c-]c(-c4cnc[n-]4)ccc3)n2)cc1.Cc1ccc(-c2[c-]c(Cc3cccc(-n4[c-][n+](C)cc4)n3)ccc2)[n-]1.[Pd].[Pd].[Pd].[Pd]. The number of benzene rings is 4. The van der Waals surface area contributed by atoms with Gasteiger partial charge < -0.3 is 61.5 Å². The first-order valence-electron chi connectivity index (χ1n) is 31.3. The Kier molecular flexibility index (Phi) is 30.3. The predicted molar refractivity (Wildman–Crippen MR) is 375 cm³/mol. The maximum Gasteiger partial charge on any atom is 0.244 e. The summed E-state index contributed by atoms with van der Waals surface area (Å²) in [4.78, 5) is 44.4. The van der Waals surface area contributed by atoms with Crippen molar-refractivity contribution >= 4 is 0 Å². The molecule has 0 unspecified atom stereocenters. The Labute approximate surface area is 657 Å². The Hall–Kier alpha value is -10.1. The molecule has 18 nitrogen and oxygen atoms in total. The molecule has 0 bridgehead atoms. The van der Waals surface area contributed by atoms with Crippen LogP contribution in [0.2, 0.25) is 0 Å². The van der Waals surface area contributed by atoms with Crippen molar-refractivity contribution in [2.24, 2.45) is 28.2 Å². The van der Waals surface area contributed by atoms with Gasteiger partial charge in [0.1, 0.15) is 23.3 Å². The van der Waals surface area contributed by atoms with Crippen LogP contribution >= 0.6 is 0 Å². The van der Waals surface area contributed by atoms with Gasteiger partial charge in [-0.3, -0.25) is 15.0 Å². The molecule has 0 atom stereocenters. The molecule has 0 radical (unpaired) electrons. The van der Waals surface area contributed by atoms with Gasteiger partial charge in [0.05, 0.1) is 28.2 Å². The minimum Gasteiger partial charge on any atom is -0.708 e. The van der Waals surface area contributed by atoms with Gasteiger partial charge in [0, 0.05) is 160 Å². The number of nitrogens with zero attached hydrogens (tertiary/aromatic N) is 18. The molecule has 0 aliphatic heterocycles. The molecule has 0 saturated heterocycles. The van der Waals surface area contributed by atoms with E-state index < -0.39 is 0 Å². The van der Waals surface area contributed by atoms with Crippen molar-refractivity contribution in [3.05, 3.63) is 351 Å². The van der Waals surface area contributed by atoms with Crippen LogP contribution in [0.15, 0.2) is 251 Å². The largest absolute Gasteiger partial charge is 0.708 e. The average molecular weight is 1720 g/mol. The Morgan fingerprint density at radius 1 is 0.379 bits per heavy atom. The molecule has 0 saturated carbocycles. The van der Waals surface area contributed by atoms with Gasteiger partial charge >= 0.3 is 0 Å². The van der Waals surface area contributed by atoms with Gasteiger partial charge in [-0.2, -0.15) is 59.0 Å². The van der Waals surface area contributed by atoms with E-state index in [1.165, 1.54) is 0 Å². The molecular formula is C81H72N18Pd4-8. The van der Waals surface area contributed by atoms with E-state index in [1.807, 2.05) is 261 Å². The third-order valence-electron chi connectivity index (χ3n) is 15.2. The summed E-state index contributed by atoms with van der Waals surface area (Å²) in [5.74, 6) is 3.23. The third kappa shape index (κ3) is 22.0. The van der Waals surface area contributed by atoms with Crippen LogP contribution in [0.4, 0.5) is 0 Å². The zero-order chi connectivity index (χ0) is 66.3. The topological polar surface area (TPSA) is 169 Å². The molecule has 0 N–H and O–H groups in total. The quantitative estimate of drug-likeness (QED) is 0.0516. The van der Waals surface area contributed by atoms with Gasteiger partial charge in [-0.15, -0.1) is 125 Å². The number of imidazole rings is 5. The molecule has 0 amide bonds. The molecule has 0 aliphatic rings. The van der Waals surface area contributed by atoms with Crippen LogP contribution in [0.25, 0.3) is 68.4 Å². The minimum absolute atomic E-state index is 0. The molecule has 12 aromatic heterocycles. The molecule has 22 heteroatoms. The molecule has 16 rings (SSSR count). The van der Waals surface area contributed by atoms with Gasteiger partial charge in [0.15, 0.2) is 0 Å². The number of hydrogen-bond donors (Lipinski definition) is 0. The normalized spacial score (nSPS) is 10.3. The second-order valence-corrected chi connectivity index (χ2v) is 22.8. The maximum atomic E-state index is 4.74. The van der Waals surface area contributed by atoms with Crippen molar-refractivity contribution in [1.82, 2.24) is 68.1 Å². The summed E-state index contributed by atoms with van der Waals surface area (Å²) in [7, 11) is 7.77. The van der Waals surface area contributed by atoms with E-state index in [9.17, 15) is 0 Å². The monoisotopic (exact) mass is 1720 g/mol. The summed E-state index contributed by atoms with van der Waals surface area (Å²) in [5, 5.41) is 0. The van der Waals surface area contributed by atoms with Gasteiger partial charge in [-0.25, -0.2) is 21.4 Å². The molecule has 103 heavy (non-hydrogen) atoms. The molecule has 12 heterocycles. The van der Waals surface area contributed by atoms with Crippen LogP contribution in [0.5, 0.6) is 0 Å². The Bertz CT molecular complexity index is 4720.